The fourth-order valence-corrected chi connectivity index (χ4v) is 3.91. The Morgan fingerprint density at radius 1 is 1.14 bits per heavy atom. The third-order valence-corrected chi connectivity index (χ3v) is 4.85. The Balaban J connectivity index is 1.75. The van der Waals surface area contributed by atoms with Crippen LogP contribution in [-0.4, -0.2) is 29.5 Å². The van der Waals surface area contributed by atoms with E-state index in [2.05, 4.69) is 48.1 Å². The number of nitrogens with one attached hydrogen (secondary N) is 1. The summed E-state index contributed by atoms with van der Waals surface area (Å²) in [5.41, 5.74) is 4.49. The highest BCUT2D eigenvalue weighted by Crippen LogP contribution is 2.31. The topological polar surface area (TPSA) is 19.0 Å². The van der Waals surface area contributed by atoms with E-state index in [-0.39, 0.29) is 0 Å². The normalized spacial score (nSPS) is 18.3. The second-order valence-corrected chi connectivity index (χ2v) is 6.55. The predicted octanol–water partition coefficient (Wildman–Crippen LogP) is 4.39. The maximum Gasteiger partial charge on any atom is 0.0456 e. The van der Waals surface area contributed by atoms with Crippen LogP contribution in [0.25, 0.3) is 10.9 Å². The first-order valence-corrected chi connectivity index (χ1v) is 8.62. The molecule has 0 radical (unpaired) electrons. The average Bonchev–Trinajstić information content (AvgIpc) is 2.96. The zero-order valence-electron chi connectivity index (χ0n) is 13.5. The molecule has 1 aromatic carbocycles. The quantitative estimate of drug-likeness (QED) is 0.833. The molecule has 21 heavy (non-hydrogen) atoms. The minimum absolute atomic E-state index is 0.830. The van der Waals surface area contributed by atoms with Crippen molar-refractivity contribution in [2.75, 3.05) is 19.6 Å². The van der Waals surface area contributed by atoms with Crippen molar-refractivity contribution in [3.63, 3.8) is 0 Å². The van der Waals surface area contributed by atoms with Gasteiger partial charge in [-0.05, 0) is 74.4 Å². The monoisotopic (exact) mass is 284 g/mol. The molecular formula is C19H28N2. The Labute approximate surface area is 128 Å². The fraction of sp³-hybridized carbons (Fsp3) is 0.579. The van der Waals surface area contributed by atoms with E-state index in [1.54, 1.807) is 11.1 Å². The van der Waals surface area contributed by atoms with E-state index in [1.807, 2.05) is 0 Å². The highest BCUT2D eigenvalue weighted by molar-refractivity contribution is 5.84. The number of aromatic amines is 1. The average molecular weight is 284 g/mol. The molecule has 114 valence electrons. The van der Waals surface area contributed by atoms with E-state index in [0.29, 0.717) is 0 Å². The third-order valence-electron chi connectivity index (χ3n) is 4.85. The molecule has 2 heteroatoms. The van der Waals surface area contributed by atoms with E-state index >= 15 is 0 Å². The zero-order valence-corrected chi connectivity index (χ0v) is 13.5. The van der Waals surface area contributed by atoms with E-state index in [1.165, 1.54) is 62.6 Å². The number of nitrogens with zero attached hydrogens (tertiary/aromatic N) is 1. The highest BCUT2D eigenvalue weighted by atomic mass is 15.1. The zero-order chi connectivity index (χ0) is 14.7. The first-order valence-electron chi connectivity index (χ1n) is 8.62. The van der Waals surface area contributed by atoms with Gasteiger partial charge < -0.3 is 9.88 Å². The maximum atomic E-state index is 3.36. The van der Waals surface area contributed by atoms with Crippen LogP contribution in [0.5, 0.6) is 0 Å². The lowest BCUT2D eigenvalue weighted by molar-refractivity contribution is 0.220. The van der Waals surface area contributed by atoms with Gasteiger partial charge in [0.1, 0.15) is 0 Å². The lowest BCUT2D eigenvalue weighted by atomic mass is 9.82. The van der Waals surface area contributed by atoms with Gasteiger partial charge in [-0.3, -0.25) is 0 Å². The molecule has 1 heterocycles. The minimum atomic E-state index is 0.830. The molecule has 1 N–H and O–H groups in total. The molecule has 0 fully saturated rings. The van der Waals surface area contributed by atoms with Crippen LogP contribution in [0.3, 0.4) is 0 Å². The van der Waals surface area contributed by atoms with Gasteiger partial charge >= 0.3 is 0 Å². The van der Waals surface area contributed by atoms with Crippen LogP contribution in [0.1, 0.15) is 44.2 Å². The molecule has 0 unspecified atom stereocenters. The lowest BCUT2D eigenvalue weighted by Gasteiger charge is -2.31. The van der Waals surface area contributed by atoms with Crippen LogP contribution < -0.4 is 0 Å². The van der Waals surface area contributed by atoms with Gasteiger partial charge in [0.2, 0.25) is 0 Å². The molecule has 0 spiro atoms. The Morgan fingerprint density at radius 2 is 1.95 bits per heavy atom. The summed E-state index contributed by atoms with van der Waals surface area (Å²) >= 11 is 0. The molecule has 0 aliphatic heterocycles. The Bertz CT molecular complexity index is 578. The van der Waals surface area contributed by atoms with Crippen LogP contribution >= 0.6 is 0 Å². The molecule has 1 aromatic heterocycles. The van der Waals surface area contributed by atoms with Crippen LogP contribution in [0.2, 0.25) is 0 Å². The van der Waals surface area contributed by atoms with Crippen molar-refractivity contribution in [3.05, 3.63) is 35.5 Å². The number of H-pyrrole nitrogens is 1. The molecule has 0 amide bonds. The lowest BCUT2D eigenvalue weighted by Crippen LogP contribution is -2.33. The summed E-state index contributed by atoms with van der Waals surface area (Å²) in [6.45, 7) is 8.38. The minimum Gasteiger partial charge on any atom is -0.361 e. The van der Waals surface area contributed by atoms with Gasteiger partial charge in [0.15, 0.2) is 0 Å². The van der Waals surface area contributed by atoms with Crippen LogP contribution in [-0.2, 0) is 12.8 Å². The molecule has 1 atom stereocenters. The van der Waals surface area contributed by atoms with Gasteiger partial charge in [-0.15, -0.1) is 0 Å². The fourth-order valence-electron chi connectivity index (χ4n) is 3.91. The van der Waals surface area contributed by atoms with Crippen molar-refractivity contribution >= 4 is 10.9 Å². The van der Waals surface area contributed by atoms with E-state index in [0.717, 1.165) is 5.92 Å². The predicted molar refractivity (Wildman–Crippen MR) is 90.8 cm³/mol. The smallest absolute Gasteiger partial charge is 0.0456 e. The highest BCUT2D eigenvalue weighted by Gasteiger charge is 2.22. The molecule has 0 saturated heterocycles. The van der Waals surface area contributed by atoms with Crippen molar-refractivity contribution in [2.45, 2.75) is 46.0 Å². The second kappa shape index (κ2) is 6.65. The molecule has 2 nitrogen and oxygen atoms in total. The summed E-state index contributed by atoms with van der Waals surface area (Å²) in [6, 6.07) is 6.83. The number of rotatable bonds is 6. The number of hydrogen-bond acceptors (Lipinski definition) is 1. The number of hydrogen-bond donors (Lipinski definition) is 1. The maximum absolute atomic E-state index is 3.36. The molecule has 0 bridgehead atoms. The van der Waals surface area contributed by atoms with Gasteiger partial charge in [0.25, 0.3) is 0 Å². The van der Waals surface area contributed by atoms with Gasteiger partial charge in [-0.1, -0.05) is 19.9 Å². The number of fused-ring (bicyclic) bond motifs is 3. The summed E-state index contributed by atoms with van der Waals surface area (Å²) in [7, 11) is 0. The molecule has 2 aromatic rings. The summed E-state index contributed by atoms with van der Waals surface area (Å²) < 4.78 is 0. The van der Waals surface area contributed by atoms with Crippen LogP contribution in [0.4, 0.5) is 0 Å². The van der Waals surface area contributed by atoms with Gasteiger partial charge in [0, 0.05) is 23.6 Å². The Hall–Kier alpha value is -1.28. The molecule has 0 saturated carbocycles. The summed E-state index contributed by atoms with van der Waals surface area (Å²) in [6.07, 6.45) is 8.49. The molecule has 3 rings (SSSR count). The number of benzene rings is 1. The molecule has 1 aliphatic rings. The van der Waals surface area contributed by atoms with Gasteiger partial charge in [-0.2, -0.15) is 0 Å². The summed E-state index contributed by atoms with van der Waals surface area (Å²) in [5.74, 6) is 0.830. The third kappa shape index (κ3) is 3.16. The van der Waals surface area contributed by atoms with E-state index in [4.69, 9.17) is 0 Å². The largest absolute Gasteiger partial charge is 0.361 e. The van der Waals surface area contributed by atoms with Crippen molar-refractivity contribution in [1.29, 1.82) is 0 Å². The number of aryl methyl sites for hydroxylation is 1. The molecular weight excluding hydrogens is 256 g/mol. The second-order valence-electron chi connectivity index (χ2n) is 6.55. The molecule has 1 aliphatic carbocycles. The summed E-state index contributed by atoms with van der Waals surface area (Å²) in [4.78, 5) is 6.03. The first kappa shape index (κ1) is 14.6. The Morgan fingerprint density at radius 3 is 2.71 bits per heavy atom. The first-order chi connectivity index (χ1) is 10.3. The van der Waals surface area contributed by atoms with Crippen molar-refractivity contribution in [1.82, 2.24) is 9.88 Å². The number of aromatic nitrogens is 1. The summed E-state index contributed by atoms with van der Waals surface area (Å²) in [5, 5.41) is 1.45. The van der Waals surface area contributed by atoms with Crippen LogP contribution in [0.15, 0.2) is 24.4 Å². The van der Waals surface area contributed by atoms with E-state index < -0.39 is 0 Å². The van der Waals surface area contributed by atoms with Crippen molar-refractivity contribution < 1.29 is 0 Å². The van der Waals surface area contributed by atoms with E-state index in [9.17, 15) is 0 Å². The van der Waals surface area contributed by atoms with Gasteiger partial charge in [0.05, 0.1) is 0 Å². The van der Waals surface area contributed by atoms with Crippen LogP contribution in [0, 0.1) is 5.92 Å². The van der Waals surface area contributed by atoms with Crippen molar-refractivity contribution in [3.8, 4) is 0 Å². The Kier molecular flexibility index (Phi) is 4.64. The standard InChI is InChI=1S/C19H28N2/c1-3-11-21(12-4-2)14-15-5-6-16-7-8-19-17(9-10-20-19)18(16)13-15/h7-10,15,20H,3-6,11-14H2,1-2H3/t15-/m0/s1. The SMILES string of the molecule is CCCN(CCC)C[C@H]1CCc2ccc3[nH]ccc3c2C1. The van der Waals surface area contributed by atoms with Gasteiger partial charge in [-0.25, -0.2) is 0 Å². The van der Waals surface area contributed by atoms with Crippen molar-refractivity contribution in [2.24, 2.45) is 5.92 Å².